The standard InChI is InChI=1S/C33H44N4O5/c1-5-6-12-28-26(22-30(36-35-28)41-25-15-18-37(19-16-25)32(38)42-33(2,3)4)23-13-14-29(40-24-10-8-7-9-11-24)27(21-23)31-34-17-20-39-31/h13-14,17,20-22,24-25H,5-12,15-16,18-19H2,1-4H3. The summed E-state index contributed by atoms with van der Waals surface area (Å²) in [5, 5.41) is 9.07. The molecular weight excluding hydrogens is 532 g/mol. The van der Waals surface area contributed by atoms with Crippen molar-refractivity contribution in [1.29, 1.82) is 0 Å². The minimum absolute atomic E-state index is 0.0542. The van der Waals surface area contributed by atoms with Crippen LogP contribution >= 0.6 is 0 Å². The Morgan fingerprint density at radius 2 is 1.74 bits per heavy atom. The highest BCUT2D eigenvalue weighted by Gasteiger charge is 2.28. The number of amides is 1. The van der Waals surface area contributed by atoms with E-state index in [4.69, 9.17) is 18.6 Å². The number of piperidine rings is 1. The quantitative estimate of drug-likeness (QED) is 0.256. The summed E-state index contributed by atoms with van der Waals surface area (Å²) < 4.78 is 24.1. The van der Waals surface area contributed by atoms with E-state index in [0.29, 0.717) is 37.7 Å². The van der Waals surface area contributed by atoms with Gasteiger partial charge in [-0.05, 0) is 77.0 Å². The van der Waals surface area contributed by atoms with Crippen LogP contribution in [0.4, 0.5) is 4.79 Å². The smallest absolute Gasteiger partial charge is 0.410 e. The molecule has 0 unspecified atom stereocenters. The molecule has 0 radical (unpaired) electrons. The van der Waals surface area contributed by atoms with Crippen LogP contribution in [0.2, 0.25) is 0 Å². The lowest BCUT2D eigenvalue weighted by Gasteiger charge is -2.33. The van der Waals surface area contributed by atoms with Crippen LogP contribution in [0.3, 0.4) is 0 Å². The summed E-state index contributed by atoms with van der Waals surface area (Å²) in [6, 6.07) is 8.19. The number of aryl methyl sites for hydroxylation is 1. The third kappa shape index (κ3) is 7.81. The summed E-state index contributed by atoms with van der Waals surface area (Å²) in [7, 11) is 0. The Balaban J connectivity index is 1.36. The molecule has 3 heterocycles. The molecule has 0 spiro atoms. The number of hydrogen-bond acceptors (Lipinski definition) is 8. The lowest BCUT2D eigenvalue weighted by atomic mass is 9.97. The van der Waals surface area contributed by atoms with Crippen molar-refractivity contribution in [2.24, 2.45) is 0 Å². The fourth-order valence-electron chi connectivity index (χ4n) is 5.58. The molecule has 1 saturated heterocycles. The Morgan fingerprint density at radius 3 is 2.43 bits per heavy atom. The van der Waals surface area contributed by atoms with Crippen LogP contribution < -0.4 is 9.47 Å². The van der Waals surface area contributed by atoms with E-state index in [1.165, 1.54) is 19.3 Å². The highest BCUT2D eigenvalue weighted by Crippen LogP contribution is 2.37. The molecule has 2 aromatic heterocycles. The molecule has 0 N–H and O–H groups in total. The first-order chi connectivity index (χ1) is 20.3. The maximum Gasteiger partial charge on any atom is 0.410 e. The van der Waals surface area contributed by atoms with Crippen molar-refractivity contribution in [3.63, 3.8) is 0 Å². The summed E-state index contributed by atoms with van der Waals surface area (Å²) in [5.74, 6) is 1.81. The van der Waals surface area contributed by atoms with Gasteiger partial charge in [-0.1, -0.05) is 25.8 Å². The van der Waals surface area contributed by atoms with Gasteiger partial charge in [0, 0.05) is 37.6 Å². The Labute approximate surface area is 249 Å². The molecule has 0 atom stereocenters. The van der Waals surface area contributed by atoms with E-state index < -0.39 is 5.60 Å². The van der Waals surface area contributed by atoms with Gasteiger partial charge in [-0.2, -0.15) is 5.10 Å². The Hall–Kier alpha value is -3.62. The third-order valence-corrected chi connectivity index (χ3v) is 7.80. The first-order valence-electron chi connectivity index (χ1n) is 15.5. The van der Waals surface area contributed by atoms with Crippen molar-refractivity contribution >= 4 is 6.09 Å². The fourth-order valence-corrected chi connectivity index (χ4v) is 5.58. The molecule has 5 rings (SSSR count). The van der Waals surface area contributed by atoms with Crippen LogP contribution in [-0.2, 0) is 11.2 Å². The number of ether oxygens (including phenoxy) is 3. The zero-order chi connectivity index (χ0) is 29.5. The third-order valence-electron chi connectivity index (χ3n) is 7.80. The van der Waals surface area contributed by atoms with Gasteiger partial charge < -0.3 is 23.5 Å². The summed E-state index contributed by atoms with van der Waals surface area (Å²) >= 11 is 0. The first kappa shape index (κ1) is 29.9. The minimum Gasteiger partial charge on any atom is -0.490 e. The topological polar surface area (TPSA) is 99.8 Å². The second kappa shape index (κ2) is 13.6. The second-order valence-electron chi connectivity index (χ2n) is 12.4. The van der Waals surface area contributed by atoms with Gasteiger partial charge in [0.15, 0.2) is 0 Å². The molecule has 1 aliphatic heterocycles. The van der Waals surface area contributed by atoms with E-state index in [2.05, 4.69) is 34.2 Å². The van der Waals surface area contributed by atoms with Crippen LogP contribution in [-0.4, -0.2) is 57.1 Å². The zero-order valence-corrected chi connectivity index (χ0v) is 25.4. The molecular formula is C33H44N4O5. The van der Waals surface area contributed by atoms with E-state index in [0.717, 1.165) is 60.2 Å². The number of aromatic nitrogens is 3. The van der Waals surface area contributed by atoms with Gasteiger partial charge >= 0.3 is 6.09 Å². The normalized spacial score (nSPS) is 16.8. The Morgan fingerprint density at radius 1 is 0.976 bits per heavy atom. The van der Waals surface area contributed by atoms with Gasteiger partial charge in [0.05, 0.1) is 23.6 Å². The molecule has 3 aromatic rings. The van der Waals surface area contributed by atoms with Crippen molar-refractivity contribution in [3.05, 3.63) is 42.4 Å². The number of rotatable bonds is 9. The molecule has 1 aromatic carbocycles. The van der Waals surface area contributed by atoms with Crippen molar-refractivity contribution < 1.29 is 23.4 Å². The fraction of sp³-hybridized carbons (Fsp3) is 0.576. The molecule has 2 aliphatic rings. The van der Waals surface area contributed by atoms with E-state index in [9.17, 15) is 4.79 Å². The number of carbonyl (C=O) groups is 1. The lowest BCUT2D eigenvalue weighted by Crippen LogP contribution is -2.44. The van der Waals surface area contributed by atoms with Gasteiger partial charge in [-0.15, -0.1) is 5.10 Å². The number of oxazole rings is 1. The van der Waals surface area contributed by atoms with E-state index in [1.807, 2.05) is 32.9 Å². The van der Waals surface area contributed by atoms with Gasteiger partial charge in [0.2, 0.25) is 11.8 Å². The van der Waals surface area contributed by atoms with Crippen LogP contribution in [0, 0.1) is 0 Å². The monoisotopic (exact) mass is 576 g/mol. The summed E-state index contributed by atoms with van der Waals surface area (Å²) in [6.07, 6.45) is 13.2. The van der Waals surface area contributed by atoms with Gasteiger partial charge in [-0.3, -0.25) is 0 Å². The van der Waals surface area contributed by atoms with Crippen LogP contribution in [0.5, 0.6) is 11.6 Å². The summed E-state index contributed by atoms with van der Waals surface area (Å²) in [6.45, 7) is 8.98. The van der Waals surface area contributed by atoms with Crippen molar-refractivity contribution in [2.75, 3.05) is 13.1 Å². The van der Waals surface area contributed by atoms with E-state index >= 15 is 0 Å². The second-order valence-corrected chi connectivity index (χ2v) is 12.4. The van der Waals surface area contributed by atoms with Crippen LogP contribution in [0.25, 0.3) is 22.6 Å². The molecule has 1 saturated carbocycles. The highest BCUT2D eigenvalue weighted by atomic mass is 16.6. The largest absolute Gasteiger partial charge is 0.490 e. The average Bonchev–Trinajstić information content (AvgIpc) is 3.52. The molecule has 42 heavy (non-hydrogen) atoms. The number of hydrogen-bond donors (Lipinski definition) is 0. The average molecular weight is 577 g/mol. The number of carbonyl (C=O) groups excluding carboxylic acids is 1. The summed E-state index contributed by atoms with van der Waals surface area (Å²) in [4.78, 5) is 18.7. The predicted molar refractivity (Wildman–Crippen MR) is 161 cm³/mol. The number of likely N-dealkylation sites (tertiary alicyclic amines) is 1. The molecule has 9 heteroatoms. The van der Waals surface area contributed by atoms with Crippen molar-refractivity contribution in [2.45, 2.75) is 110 Å². The van der Waals surface area contributed by atoms with E-state index in [1.54, 1.807) is 17.4 Å². The lowest BCUT2D eigenvalue weighted by molar-refractivity contribution is 0.0122. The number of nitrogens with zero attached hydrogens (tertiary/aromatic N) is 4. The highest BCUT2D eigenvalue weighted by molar-refractivity contribution is 5.75. The van der Waals surface area contributed by atoms with Gasteiger partial charge in [0.25, 0.3) is 0 Å². The molecule has 226 valence electrons. The van der Waals surface area contributed by atoms with Crippen molar-refractivity contribution in [3.8, 4) is 34.2 Å². The van der Waals surface area contributed by atoms with Crippen molar-refractivity contribution in [1.82, 2.24) is 20.1 Å². The first-order valence-corrected chi connectivity index (χ1v) is 15.5. The molecule has 1 aliphatic carbocycles. The Bertz CT molecular complexity index is 1310. The summed E-state index contributed by atoms with van der Waals surface area (Å²) in [5.41, 5.74) is 3.23. The van der Waals surface area contributed by atoms with E-state index in [-0.39, 0.29) is 18.3 Å². The van der Waals surface area contributed by atoms with Gasteiger partial charge in [-0.25, -0.2) is 9.78 Å². The van der Waals surface area contributed by atoms with Gasteiger partial charge in [0.1, 0.15) is 23.7 Å². The molecule has 1 amide bonds. The number of benzene rings is 1. The maximum absolute atomic E-state index is 12.5. The maximum atomic E-state index is 12.5. The zero-order valence-electron chi connectivity index (χ0n) is 25.4. The predicted octanol–water partition coefficient (Wildman–Crippen LogP) is 7.63. The number of unbranched alkanes of at least 4 members (excludes halogenated alkanes) is 1. The van der Waals surface area contributed by atoms with Crippen LogP contribution in [0.15, 0.2) is 41.1 Å². The molecule has 9 nitrogen and oxygen atoms in total. The Kier molecular flexibility index (Phi) is 9.65. The minimum atomic E-state index is -0.511. The molecule has 2 fully saturated rings. The SMILES string of the molecule is CCCCc1nnc(OC2CCN(C(=O)OC(C)(C)C)CC2)cc1-c1ccc(OC2CCCCC2)c(-c2ncco2)c1. The molecule has 0 bridgehead atoms. The van der Waals surface area contributed by atoms with Crippen LogP contribution in [0.1, 0.15) is 91.2 Å².